The van der Waals surface area contributed by atoms with Gasteiger partial charge in [0.05, 0.1) is 22.4 Å². The molecule has 1 aliphatic heterocycles. The summed E-state index contributed by atoms with van der Waals surface area (Å²) in [6.45, 7) is 1.85. The molecule has 1 fully saturated rings. The SMILES string of the molecule is COCC(=O)Nc1ccc(N2C(=S)N[C@@H](c3ccccn3)[C@H]2c2ccc(C)o2)cc1Cl. The zero-order valence-corrected chi connectivity index (χ0v) is 18.5. The van der Waals surface area contributed by atoms with Gasteiger partial charge in [-0.1, -0.05) is 17.7 Å². The molecule has 160 valence electrons. The number of hydrogen-bond donors (Lipinski definition) is 2. The third-order valence-corrected chi connectivity index (χ3v) is 5.56. The lowest BCUT2D eigenvalue weighted by Crippen LogP contribution is -2.29. The first-order chi connectivity index (χ1) is 15.0. The Kier molecular flexibility index (Phi) is 6.22. The van der Waals surface area contributed by atoms with Gasteiger partial charge >= 0.3 is 0 Å². The van der Waals surface area contributed by atoms with Gasteiger partial charge in [0, 0.05) is 19.0 Å². The number of halogens is 1. The number of nitrogens with zero attached hydrogens (tertiary/aromatic N) is 2. The van der Waals surface area contributed by atoms with E-state index in [4.69, 9.17) is 33.0 Å². The highest BCUT2D eigenvalue weighted by atomic mass is 35.5. The lowest BCUT2D eigenvalue weighted by atomic mass is 10.0. The van der Waals surface area contributed by atoms with Crippen molar-refractivity contribution in [1.82, 2.24) is 10.3 Å². The molecule has 2 N–H and O–H groups in total. The van der Waals surface area contributed by atoms with Crippen LogP contribution in [0.1, 0.15) is 29.3 Å². The van der Waals surface area contributed by atoms with E-state index >= 15 is 0 Å². The Balaban J connectivity index is 1.71. The van der Waals surface area contributed by atoms with E-state index in [0.29, 0.717) is 15.8 Å². The number of benzene rings is 1. The molecule has 0 radical (unpaired) electrons. The minimum atomic E-state index is -0.283. The van der Waals surface area contributed by atoms with Crippen molar-refractivity contribution in [3.05, 3.63) is 77.0 Å². The number of pyridine rings is 1. The van der Waals surface area contributed by atoms with Crippen molar-refractivity contribution in [1.29, 1.82) is 0 Å². The molecule has 1 saturated heterocycles. The molecule has 4 rings (SSSR count). The van der Waals surface area contributed by atoms with E-state index in [1.807, 2.05) is 48.2 Å². The number of hydrogen-bond acceptors (Lipinski definition) is 5. The summed E-state index contributed by atoms with van der Waals surface area (Å²) in [7, 11) is 1.46. The van der Waals surface area contributed by atoms with Crippen LogP contribution in [0, 0.1) is 6.92 Å². The number of rotatable bonds is 6. The smallest absolute Gasteiger partial charge is 0.250 e. The molecule has 3 heterocycles. The maximum absolute atomic E-state index is 11.8. The van der Waals surface area contributed by atoms with Crippen molar-refractivity contribution in [2.75, 3.05) is 23.9 Å². The van der Waals surface area contributed by atoms with Crippen LogP contribution in [0.25, 0.3) is 0 Å². The van der Waals surface area contributed by atoms with Crippen LogP contribution in [0.4, 0.5) is 11.4 Å². The zero-order valence-electron chi connectivity index (χ0n) is 17.0. The second-order valence-electron chi connectivity index (χ2n) is 7.09. The van der Waals surface area contributed by atoms with Crippen molar-refractivity contribution in [3.8, 4) is 0 Å². The number of anilines is 2. The quantitative estimate of drug-likeness (QED) is 0.532. The molecule has 2 aromatic heterocycles. The van der Waals surface area contributed by atoms with E-state index in [1.54, 1.807) is 18.3 Å². The molecular weight excluding hydrogens is 436 g/mol. The second-order valence-corrected chi connectivity index (χ2v) is 7.88. The fourth-order valence-corrected chi connectivity index (χ4v) is 4.17. The van der Waals surface area contributed by atoms with Crippen LogP contribution in [0.3, 0.4) is 0 Å². The van der Waals surface area contributed by atoms with Crippen molar-refractivity contribution in [2.24, 2.45) is 0 Å². The summed E-state index contributed by atoms with van der Waals surface area (Å²) in [5.41, 5.74) is 2.11. The van der Waals surface area contributed by atoms with E-state index in [1.165, 1.54) is 7.11 Å². The van der Waals surface area contributed by atoms with Crippen LogP contribution < -0.4 is 15.5 Å². The molecule has 0 spiro atoms. The van der Waals surface area contributed by atoms with Crippen molar-refractivity contribution < 1.29 is 13.9 Å². The van der Waals surface area contributed by atoms with Gasteiger partial charge in [-0.25, -0.2) is 0 Å². The van der Waals surface area contributed by atoms with Crippen molar-refractivity contribution in [2.45, 2.75) is 19.0 Å². The van der Waals surface area contributed by atoms with Crippen LogP contribution in [-0.2, 0) is 9.53 Å². The number of nitrogens with one attached hydrogen (secondary N) is 2. The van der Waals surface area contributed by atoms with Crippen LogP contribution in [0.2, 0.25) is 5.02 Å². The van der Waals surface area contributed by atoms with E-state index in [9.17, 15) is 4.79 Å². The first-order valence-corrected chi connectivity index (χ1v) is 10.4. The van der Waals surface area contributed by atoms with Gasteiger partial charge in [-0.3, -0.25) is 9.78 Å². The number of carbonyl (C=O) groups excluding carboxylic acids is 1. The summed E-state index contributed by atoms with van der Waals surface area (Å²) < 4.78 is 10.8. The summed E-state index contributed by atoms with van der Waals surface area (Å²) in [5, 5.41) is 7.01. The number of amides is 1. The standard InChI is InChI=1S/C22H21ClN4O3S/c1-13-6-9-18(30-13)21-20(17-5-3-4-10-24-17)26-22(31)27(21)14-7-8-16(15(23)11-14)25-19(28)12-29-2/h3-11,20-21H,12H2,1-2H3,(H,25,28)(H,26,31)/t20-,21+/m0/s1. The van der Waals surface area contributed by atoms with Gasteiger partial charge < -0.3 is 24.7 Å². The minimum absolute atomic E-state index is 0.0517. The fraction of sp³-hybridized carbons (Fsp3) is 0.227. The Hall–Kier alpha value is -2.94. The molecule has 31 heavy (non-hydrogen) atoms. The summed E-state index contributed by atoms with van der Waals surface area (Å²) in [4.78, 5) is 18.3. The first kappa shape index (κ1) is 21.3. The van der Waals surface area contributed by atoms with E-state index in [-0.39, 0.29) is 24.6 Å². The van der Waals surface area contributed by atoms with Crippen LogP contribution in [-0.4, -0.2) is 29.7 Å². The number of carbonyl (C=O) groups is 1. The van der Waals surface area contributed by atoms with Crippen molar-refractivity contribution >= 4 is 46.2 Å². The van der Waals surface area contributed by atoms with E-state index in [0.717, 1.165) is 22.9 Å². The van der Waals surface area contributed by atoms with E-state index in [2.05, 4.69) is 15.6 Å². The van der Waals surface area contributed by atoms with Crippen LogP contribution in [0.15, 0.2) is 59.1 Å². The third kappa shape index (κ3) is 4.41. The molecule has 2 atom stereocenters. The highest BCUT2D eigenvalue weighted by Crippen LogP contribution is 2.43. The summed E-state index contributed by atoms with van der Waals surface area (Å²) >= 11 is 12.1. The van der Waals surface area contributed by atoms with Gasteiger partial charge in [-0.2, -0.15) is 0 Å². The van der Waals surface area contributed by atoms with Crippen LogP contribution >= 0.6 is 23.8 Å². The maximum Gasteiger partial charge on any atom is 0.250 e. The largest absolute Gasteiger partial charge is 0.464 e. The number of ether oxygens (including phenoxy) is 1. The highest BCUT2D eigenvalue weighted by molar-refractivity contribution is 7.80. The van der Waals surface area contributed by atoms with E-state index < -0.39 is 0 Å². The molecule has 9 heteroatoms. The normalized spacial score (nSPS) is 18.2. The van der Waals surface area contributed by atoms with Gasteiger partial charge in [-0.15, -0.1) is 0 Å². The Labute approximate surface area is 190 Å². The molecule has 7 nitrogen and oxygen atoms in total. The molecule has 1 aromatic carbocycles. The number of furan rings is 1. The van der Waals surface area contributed by atoms with Gasteiger partial charge in [0.25, 0.3) is 0 Å². The number of methoxy groups -OCH3 is 1. The molecule has 1 amide bonds. The molecule has 3 aromatic rings. The van der Waals surface area contributed by atoms with Gasteiger partial charge in [0.1, 0.15) is 24.2 Å². The molecule has 0 saturated carbocycles. The average molecular weight is 457 g/mol. The molecule has 0 bridgehead atoms. The molecule has 1 aliphatic rings. The lowest BCUT2D eigenvalue weighted by Gasteiger charge is -2.26. The Morgan fingerprint density at radius 1 is 1.32 bits per heavy atom. The minimum Gasteiger partial charge on any atom is -0.464 e. The zero-order chi connectivity index (χ0) is 22.0. The molecular formula is C22H21ClN4O3S. The predicted molar refractivity (Wildman–Crippen MR) is 123 cm³/mol. The number of aromatic nitrogens is 1. The lowest BCUT2D eigenvalue weighted by molar-refractivity contribution is -0.119. The fourth-order valence-electron chi connectivity index (χ4n) is 3.61. The topological polar surface area (TPSA) is 79.6 Å². The Bertz CT molecular complexity index is 1110. The monoisotopic (exact) mass is 456 g/mol. The molecule has 0 unspecified atom stereocenters. The van der Waals surface area contributed by atoms with Gasteiger partial charge in [0.15, 0.2) is 5.11 Å². The van der Waals surface area contributed by atoms with Crippen LogP contribution in [0.5, 0.6) is 0 Å². The average Bonchev–Trinajstić information content (AvgIpc) is 3.33. The molecule has 0 aliphatic carbocycles. The first-order valence-electron chi connectivity index (χ1n) is 9.63. The highest BCUT2D eigenvalue weighted by Gasteiger charge is 2.42. The van der Waals surface area contributed by atoms with Gasteiger partial charge in [0.2, 0.25) is 5.91 Å². The predicted octanol–water partition coefficient (Wildman–Crippen LogP) is 4.40. The summed E-state index contributed by atoms with van der Waals surface area (Å²) in [6, 6.07) is 14.5. The summed E-state index contributed by atoms with van der Waals surface area (Å²) in [5.74, 6) is 1.28. The number of thiocarbonyl (C=S) groups is 1. The van der Waals surface area contributed by atoms with Gasteiger partial charge in [-0.05, 0) is 61.6 Å². The Morgan fingerprint density at radius 2 is 2.16 bits per heavy atom. The Morgan fingerprint density at radius 3 is 2.81 bits per heavy atom. The maximum atomic E-state index is 11.8. The van der Waals surface area contributed by atoms with Crippen molar-refractivity contribution in [3.63, 3.8) is 0 Å². The second kappa shape index (κ2) is 9.05. The third-order valence-electron chi connectivity index (χ3n) is 4.93. The number of aryl methyl sites for hydroxylation is 1. The summed E-state index contributed by atoms with van der Waals surface area (Å²) in [6.07, 6.45) is 1.75.